The maximum atomic E-state index is 12.6. The maximum Gasteiger partial charge on any atom is 0.335 e. The van der Waals surface area contributed by atoms with Crippen molar-refractivity contribution < 1.29 is 19.4 Å². The molecule has 1 aliphatic heterocycles. The highest BCUT2D eigenvalue weighted by atomic mass is 79.9. The summed E-state index contributed by atoms with van der Waals surface area (Å²) < 4.78 is 7.72. The van der Waals surface area contributed by atoms with Crippen LogP contribution in [0.1, 0.15) is 41.1 Å². The van der Waals surface area contributed by atoms with Crippen LogP contribution < -0.4 is 5.32 Å². The van der Waals surface area contributed by atoms with Crippen molar-refractivity contribution in [2.75, 3.05) is 6.61 Å². The zero-order valence-electron chi connectivity index (χ0n) is 13.7. The smallest absolute Gasteiger partial charge is 0.335 e. The van der Waals surface area contributed by atoms with Gasteiger partial charge < -0.3 is 19.7 Å². The van der Waals surface area contributed by atoms with Crippen molar-refractivity contribution in [2.24, 2.45) is 0 Å². The minimum atomic E-state index is -1.01. The van der Waals surface area contributed by atoms with Crippen LogP contribution in [0.25, 0.3) is 0 Å². The van der Waals surface area contributed by atoms with Gasteiger partial charge in [-0.25, -0.2) is 9.78 Å². The molecule has 1 unspecified atom stereocenters. The highest BCUT2D eigenvalue weighted by Crippen LogP contribution is 2.26. The number of ether oxygens (including phenoxy) is 1. The Bertz CT molecular complexity index is 818. The third-order valence-corrected chi connectivity index (χ3v) is 4.56. The van der Waals surface area contributed by atoms with Gasteiger partial charge in [-0.1, -0.05) is 15.9 Å². The first-order valence-corrected chi connectivity index (χ1v) is 8.80. The minimum Gasteiger partial charge on any atom is -0.507 e. The Kier molecular flexibility index (Phi) is 5.08. The molecule has 0 aliphatic carbocycles. The standard InChI is InChI=1S/C17H18BrN3O4/c1-2-25-17(24)15(14-12-4-3-7-21(12)9-19-14)20-16(23)11-8-10(18)5-6-13(11)22/h5-6,8-9,15,22H,2-4,7H2,1H3,(H,20,23). The number of nitrogens with zero attached hydrogens (tertiary/aromatic N) is 2. The van der Waals surface area contributed by atoms with Crippen LogP contribution in [0.3, 0.4) is 0 Å². The van der Waals surface area contributed by atoms with Crippen molar-refractivity contribution in [3.05, 3.63) is 46.0 Å². The molecule has 132 valence electrons. The molecule has 2 N–H and O–H groups in total. The highest BCUT2D eigenvalue weighted by Gasteiger charge is 2.31. The molecule has 2 aromatic rings. The summed E-state index contributed by atoms with van der Waals surface area (Å²) in [6.45, 7) is 2.75. The zero-order chi connectivity index (χ0) is 18.0. The van der Waals surface area contributed by atoms with Gasteiger partial charge in [0.2, 0.25) is 0 Å². The van der Waals surface area contributed by atoms with Gasteiger partial charge in [0.25, 0.3) is 5.91 Å². The first-order chi connectivity index (χ1) is 12.0. The van der Waals surface area contributed by atoms with Gasteiger partial charge in [-0.2, -0.15) is 0 Å². The lowest BCUT2D eigenvalue weighted by atomic mass is 10.1. The van der Waals surface area contributed by atoms with Crippen LogP contribution in [0.4, 0.5) is 0 Å². The van der Waals surface area contributed by atoms with Crippen LogP contribution in [-0.4, -0.2) is 33.1 Å². The molecule has 3 rings (SSSR count). The second-order valence-electron chi connectivity index (χ2n) is 5.69. The molecule has 1 amide bonds. The van der Waals surface area contributed by atoms with E-state index in [1.807, 2.05) is 4.57 Å². The Morgan fingerprint density at radius 3 is 3.04 bits per heavy atom. The van der Waals surface area contributed by atoms with Gasteiger partial charge in [0.05, 0.1) is 24.2 Å². The summed E-state index contributed by atoms with van der Waals surface area (Å²) in [6, 6.07) is 3.51. The fraction of sp³-hybridized carbons (Fsp3) is 0.353. The second kappa shape index (κ2) is 7.26. The SMILES string of the molecule is CCOC(=O)C(NC(=O)c1cc(Br)ccc1O)c1ncn2c1CCC2. The normalized spacial score (nSPS) is 14.0. The number of aromatic hydroxyl groups is 1. The fourth-order valence-electron chi connectivity index (χ4n) is 2.91. The van der Waals surface area contributed by atoms with Crippen molar-refractivity contribution in [1.29, 1.82) is 0 Å². The fourth-order valence-corrected chi connectivity index (χ4v) is 3.27. The summed E-state index contributed by atoms with van der Waals surface area (Å²) in [4.78, 5) is 29.3. The Hall–Kier alpha value is -2.35. The number of esters is 1. The average molecular weight is 408 g/mol. The molecule has 1 aliphatic rings. The number of carbonyl (C=O) groups excluding carboxylic acids is 2. The van der Waals surface area contributed by atoms with E-state index < -0.39 is 17.9 Å². The van der Waals surface area contributed by atoms with Crippen molar-refractivity contribution in [1.82, 2.24) is 14.9 Å². The topological polar surface area (TPSA) is 93.4 Å². The molecule has 8 heteroatoms. The van der Waals surface area contributed by atoms with Crippen molar-refractivity contribution in [3.8, 4) is 5.75 Å². The molecule has 0 saturated carbocycles. The lowest BCUT2D eigenvalue weighted by molar-refractivity contribution is -0.145. The van der Waals surface area contributed by atoms with Crippen molar-refractivity contribution in [2.45, 2.75) is 32.4 Å². The van der Waals surface area contributed by atoms with E-state index >= 15 is 0 Å². The van der Waals surface area contributed by atoms with Gasteiger partial charge in [-0.15, -0.1) is 0 Å². The maximum absolute atomic E-state index is 12.6. The van der Waals surface area contributed by atoms with Gasteiger partial charge in [0.1, 0.15) is 5.75 Å². The summed E-state index contributed by atoms with van der Waals surface area (Å²) in [6.07, 6.45) is 3.44. The summed E-state index contributed by atoms with van der Waals surface area (Å²) in [7, 11) is 0. The quantitative estimate of drug-likeness (QED) is 0.741. The number of phenols is 1. The highest BCUT2D eigenvalue weighted by molar-refractivity contribution is 9.10. The van der Waals surface area contributed by atoms with Crippen LogP contribution in [-0.2, 0) is 22.5 Å². The van der Waals surface area contributed by atoms with E-state index in [1.165, 1.54) is 12.1 Å². The van der Waals surface area contributed by atoms with E-state index in [4.69, 9.17) is 4.74 Å². The molecule has 0 spiro atoms. The van der Waals surface area contributed by atoms with E-state index in [2.05, 4.69) is 26.2 Å². The molecule has 1 atom stereocenters. The number of fused-ring (bicyclic) bond motifs is 1. The molecular formula is C17H18BrN3O4. The van der Waals surface area contributed by atoms with Gasteiger partial charge in [-0.05, 0) is 38.0 Å². The number of carbonyl (C=O) groups is 2. The van der Waals surface area contributed by atoms with Crippen molar-refractivity contribution in [3.63, 3.8) is 0 Å². The Morgan fingerprint density at radius 2 is 2.28 bits per heavy atom. The predicted molar refractivity (Wildman–Crippen MR) is 93.2 cm³/mol. The van der Waals surface area contributed by atoms with E-state index in [0.29, 0.717) is 10.2 Å². The molecule has 0 radical (unpaired) electrons. The number of rotatable bonds is 5. The van der Waals surface area contributed by atoms with Crippen LogP contribution in [0, 0.1) is 0 Å². The molecule has 1 aromatic heterocycles. The first-order valence-electron chi connectivity index (χ1n) is 8.01. The summed E-state index contributed by atoms with van der Waals surface area (Å²) >= 11 is 3.27. The summed E-state index contributed by atoms with van der Waals surface area (Å²) in [5, 5.41) is 12.6. The predicted octanol–water partition coefficient (Wildman–Crippen LogP) is 2.33. The number of imidazole rings is 1. The van der Waals surface area contributed by atoms with Crippen LogP contribution >= 0.6 is 15.9 Å². The van der Waals surface area contributed by atoms with Gasteiger partial charge >= 0.3 is 5.97 Å². The third-order valence-electron chi connectivity index (χ3n) is 4.07. The number of aromatic nitrogens is 2. The zero-order valence-corrected chi connectivity index (χ0v) is 15.2. The molecule has 0 fully saturated rings. The third kappa shape index (κ3) is 3.53. The molecule has 0 bridgehead atoms. The average Bonchev–Trinajstić information content (AvgIpc) is 3.18. The summed E-state index contributed by atoms with van der Waals surface area (Å²) in [5.41, 5.74) is 1.50. The molecule has 1 aromatic carbocycles. The Balaban J connectivity index is 1.91. The molecule has 7 nitrogen and oxygen atoms in total. The van der Waals surface area contributed by atoms with E-state index in [0.717, 1.165) is 25.1 Å². The van der Waals surface area contributed by atoms with E-state index in [-0.39, 0.29) is 17.9 Å². The number of aryl methyl sites for hydroxylation is 1. The first kappa shape index (κ1) is 17.5. The van der Waals surface area contributed by atoms with Gasteiger partial charge in [-0.3, -0.25) is 4.79 Å². The molecule has 25 heavy (non-hydrogen) atoms. The molecule has 2 heterocycles. The number of amides is 1. The second-order valence-corrected chi connectivity index (χ2v) is 6.61. The van der Waals surface area contributed by atoms with E-state index in [9.17, 15) is 14.7 Å². The number of nitrogens with one attached hydrogen (secondary N) is 1. The minimum absolute atomic E-state index is 0.0690. The number of hydrogen-bond donors (Lipinski definition) is 2. The largest absolute Gasteiger partial charge is 0.507 e. The lowest BCUT2D eigenvalue weighted by Crippen LogP contribution is -2.35. The lowest BCUT2D eigenvalue weighted by Gasteiger charge is -2.17. The number of halogens is 1. The van der Waals surface area contributed by atoms with Gasteiger partial charge in [0, 0.05) is 16.7 Å². The van der Waals surface area contributed by atoms with Crippen LogP contribution in [0.2, 0.25) is 0 Å². The van der Waals surface area contributed by atoms with Crippen molar-refractivity contribution >= 4 is 27.8 Å². The van der Waals surface area contributed by atoms with Crippen LogP contribution in [0.5, 0.6) is 5.75 Å². The van der Waals surface area contributed by atoms with E-state index in [1.54, 1.807) is 19.3 Å². The number of phenolic OH excluding ortho intramolecular Hbond substituents is 1. The molecule has 0 saturated heterocycles. The van der Waals surface area contributed by atoms with Crippen LogP contribution in [0.15, 0.2) is 29.0 Å². The Morgan fingerprint density at radius 1 is 1.48 bits per heavy atom. The monoisotopic (exact) mass is 407 g/mol. The Labute approximate surface area is 153 Å². The van der Waals surface area contributed by atoms with Gasteiger partial charge in [0.15, 0.2) is 6.04 Å². The molecular weight excluding hydrogens is 390 g/mol. The number of hydrogen-bond acceptors (Lipinski definition) is 5. The summed E-state index contributed by atoms with van der Waals surface area (Å²) in [5.74, 6) is -1.31. The number of benzene rings is 1.